The predicted octanol–water partition coefficient (Wildman–Crippen LogP) is 1.84. The molecule has 0 aliphatic carbocycles. The molecule has 0 saturated carbocycles. The number of thiazole rings is 1. The summed E-state index contributed by atoms with van der Waals surface area (Å²) >= 11 is 9.40. The summed E-state index contributed by atoms with van der Waals surface area (Å²) < 4.78 is 8.78. The summed E-state index contributed by atoms with van der Waals surface area (Å²) in [6, 6.07) is 5.86. The van der Waals surface area contributed by atoms with Crippen molar-refractivity contribution >= 4 is 72.9 Å². The first-order valence-corrected chi connectivity index (χ1v) is 11.3. The van der Waals surface area contributed by atoms with Crippen LogP contribution in [-0.2, 0) is 11.3 Å². The van der Waals surface area contributed by atoms with Crippen molar-refractivity contribution in [3.8, 4) is 5.75 Å². The summed E-state index contributed by atoms with van der Waals surface area (Å²) in [6.45, 7) is 2.39. The van der Waals surface area contributed by atoms with Crippen LogP contribution >= 0.6 is 47.1 Å². The average Bonchev–Trinajstić information content (AvgIpc) is 3.28. The van der Waals surface area contributed by atoms with Crippen molar-refractivity contribution in [2.45, 2.75) is 18.4 Å². The molecule has 0 radical (unpaired) electrons. The molecule has 1 aromatic heterocycles. The minimum absolute atomic E-state index is 0.0852. The number of fused-ring (bicyclic) bond motifs is 1. The number of hydrogen-bond acceptors (Lipinski definition) is 8. The standard InChI is InChI=1S/C18H17N3O3S4/c1-5-21-15(23)13(27-17(21)12-14(22)20(3)18(25)28-12)16-19(2)10-8-9(24-4)6-7-11(10)26-16/h6-8H,5H2,1-4H3/b16-13-,17-12-. The summed E-state index contributed by atoms with van der Waals surface area (Å²) in [5.74, 6) is 0.612. The van der Waals surface area contributed by atoms with Gasteiger partial charge in [0.2, 0.25) is 0 Å². The van der Waals surface area contributed by atoms with Crippen LogP contribution in [0.3, 0.4) is 0 Å². The van der Waals surface area contributed by atoms with Crippen LogP contribution < -0.4 is 24.4 Å². The van der Waals surface area contributed by atoms with Gasteiger partial charge < -0.3 is 9.64 Å². The van der Waals surface area contributed by atoms with Crippen molar-refractivity contribution in [3.63, 3.8) is 0 Å². The lowest BCUT2D eigenvalue weighted by atomic mass is 10.3. The van der Waals surface area contributed by atoms with E-state index in [4.69, 9.17) is 17.0 Å². The molecule has 1 fully saturated rings. The van der Waals surface area contributed by atoms with Gasteiger partial charge in [-0.3, -0.25) is 19.1 Å². The van der Waals surface area contributed by atoms with Crippen LogP contribution in [0.25, 0.3) is 9.93 Å². The Morgan fingerprint density at radius 2 is 1.89 bits per heavy atom. The zero-order valence-corrected chi connectivity index (χ0v) is 18.9. The molecule has 1 aromatic carbocycles. The first-order valence-electron chi connectivity index (χ1n) is 8.45. The van der Waals surface area contributed by atoms with Gasteiger partial charge in [0, 0.05) is 31.6 Å². The van der Waals surface area contributed by atoms with Crippen molar-refractivity contribution in [1.82, 2.24) is 9.47 Å². The summed E-state index contributed by atoms with van der Waals surface area (Å²) in [6.07, 6.45) is 0. The van der Waals surface area contributed by atoms with Gasteiger partial charge in [-0.25, -0.2) is 0 Å². The minimum atomic E-state index is -0.157. The van der Waals surface area contributed by atoms with Gasteiger partial charge in [0.1, 0.15) is 29.2 Å². The molecule has 0 unspecified atom stereocenters. The average molecular weight is 452 g/mol. The predicted molar refractivity (Wildman–Crippen MR) is 121 cm³/mol. The molecule has 146 valence electrons. The van der Waals surface area contributed by atoms with Crippen LogP contribution in [0.1, 0.15) is 6.92 Å². The largest absolute Gasteiger partial charge is 0.497 e. The Balaban J connectivity index is 1.96. The molecule has 28 heavy (non-hydrogen) atoms. The normalized spacial score (nSPS) is 20.3. The van der Waals surface area contributed by atoms with Crippen LogP contribution in [-0.4, -0.2) is 40.9 Å². The quantitative estimate of drug-likeness (QED) is 0.646. The number of ether oxygens (including phenoxy) is 1. The van der Waals surface area contributed by atoms with Gasteiger partial charge >= 0.3 is 0 Å². The topological polar surface area (TPSA) is 54.8 Å². The van der Waals surface area contributed by atoms with Gasteiger partial charge in [-0.1, -0.05) is 35.7 Å². The lowest BCUT2D eigenvalue weighted by molar-refractivity contribution is -0.119. The van der Waals surface area contributed by atoms with E-state index in [0.29, 0.717) is 25.0 Å². The molecular weight excluding hydrogens is 434 g/mol. The number of carbonyl (C=O) groups excluding carboxylic acids is 1. The zero-order valence-electron chi connectivity index (χ0n) is 15.6. The van der Waals surface area contributed by atoms with Crippen LogP contribution in [0.4, 0.5) is 5.69 Å². The molecule has 1 saturated heterocycles. The second-order valence-corrected chi connectivity index (χ2v) is 9.82. The molecule has 0 bridgehead atoms. The smallest absolute Gasteiger partial charge is 0.271 e. The molecule has 0 atom stereocenters. The highest BCUT2D eigenvalue weighted by molar-refractivity contribution is 8.30. The summed E-state index contributed by atoms with van der Waals surface area (Å²) in [5, 5.41) is 0.860. The molecule has 3 heterocycles. The molecule has 2 aromatic rings. The number of carbonyl (C=O) groups is 1. The van der Waals surface area contributed by atoms with Crippen molar-refractivity contribution < 1.29 is 9.53 Å². The van der Waals surface area contributed by atoms with Gasteiger partial charge in [-0.15, -0.1) is 11.3 Å². The molecule has 6 nitrogen and oxygen atoms in total. The highest BCUT2D eigenvalue weighted by Gasteiger charge is 2.32. The number of anilines is 1. The maximum Gasteiger partial charge on any atom is 0.271 e. The third kappa shape index (κ3) is 2.90. The van der Waals surface area contributed by atoms with Crippen LogP contribution in [0, 0.1) is 0 Å². The highest BCUT2D eigenvalue weighted by atomic mass is 32.2. The van der Waals surface area contributed by atoms with E-state index in [0.717, 1.165) is 21.4 Å². The molecule has 2 aliphatic rings. The highest BCUT2D eigenvalue weighted by Crippen LogP contribution is 2.46. The molecule has 2 aliphatic heterocycles. The lowest BCUT2D eigenvalue weighted by Gasteiger charge is -2.13. The van der Waals surface area contributed by atoms with Gasteiger partial charge in [0.05, 0.1) is 12.8 Å². The fraction of sp³-hybridized carbons (Fsp3) is 0.278. The third-order valence-corrected chi connectivity index (χ3v) is 8.82. The molecule has 0 spiro atoms. The van der Waals surface area contributed by atoms with E-state index in [9.17, 15) is 9.59 Å². The van der Waals surface area contributed by atoms with Crippen molar-refractivity contribution in [2.75, 3.05) is 26.1 Å². The summed E-state index contributed by atoms with van der Waals surface area (Å²) in [7, 11) is 5.23. The zero-order chi connectivity index (χ0) is 20.2. The number of aromatic nitrogens is 1. The second-order valence-electron chi connectivity index (χ2n) is 6.15. The lowest BCUT2D eigenvalue weighted by Crippen LogP contribution is -2.34. The number of thioether (sulfide) groups is 2. The van der Waals surface area contributed by atoms with E-state index in [1.54, 1.807) is 30.5 Å². The number of benzene rings is 1. The number of hydrogen-bond donors (Lipinski definition) is 0. The Kier molecular flexibility index (Phi) is 5.07. The van der Waals surface area contributed by atoms with Crippen LogP contribution in [0.15, 0.2) is 27.9 Å². The number of methoxy groups -OCH3 is 1. The molecular formula is C18H17N3O3S4. The SMILES string of the molecule is CCn1c(=O)/c(=C2/Sc3ccc(OC)cc3N2C)s/c1=C1\SC(=S)N(C)C1=O. The number of nitrogens with zero attached hydrogens (tertiary/aromatic N) is 3. The molecule has 1 amide bonds. The van der Waals surface area contributed by atoms with E-state index in [-0.39, 0.29) is 11.5 Å². The van der Waals surface area contributed by atoms with E-state index in [2.05, 4.69) is 0 Å². The maximum absolute atomic E-state index is 13.2. The van der Waals surface area contributed by atoms with Crippen LogP contribution in [0.2, 0.25) is 0 Å². The first-order chi connectivity index (χ1) is 13.4. The van der Waals surface area contributed by atoms with E-state index in [1.807, 2.05) is 37.1 Å². The fourth-order valence-corrected chi connectivity index (χ4v) is 6.85. The van der Waals surface area contributed by atoms with Gasteiger partial charge in [-0.2, -0.15) is 0 Å². The van der Waals surface area contributed by atoms with Crippen molar-refractivity contribution in [1.29, 1.82) is 0 Å². The van der Waals surface area contributed by atoms with E-state index >= 15 is 0 Å². The fourth-order valence-electron chi connectivity index (χ4n) is 3.02. The van der Waals surface area contributed by atoms with Gasteiger partial charge in [-0.05, 0) is 19.1 Å². The Morgan fingerprint density at radius 1 is 1.14 bits per heavy atom. The number of rotatable bonds is 2. The van der Waals surface area contributed by atoms with Crippen molar-refractivity contribution in [3.05, 3.63) is 37.7 Å². The first kappa shape index (κ1) is 19.6. The molecule has 0 N–H and O–H groups in total. The monoisotopic (exact) mass is 451 g/mol. The van der Waals surface area contributed by atoms with E-state index < -0.39 is 0 Å². The number of thiocarbonyl (C=S) groups is 1. The Labute approximate surface area is 179 Å². The molecule has 10 heteroatoms. The van der Waals surface area contributed by atoms with E-state index in [1.165, 1.54) is 28.0 Å². The Morgan fingerprint density at radius 3 is 2.50 bits per heavy atom. The maximum atomic E-state index is 13.2. The third-order valence-electron chi connectivity index (χ3n) is 4.59. The minimum Gasteiger partial charge on any atom is -0.497 e. The van der Waals surface area contributed by atoms with Crippen molar-refractivity contribution in [2.24, 2.45) is 0 Å². The number of amides is 1. The Hall–Kier alpha value is -1.75. The van der Waals surface area contributed by atoms with Gasteiger partial charge in [0.15, 0.2) is 0 Å². The summed E-state index contributed by atoms with van der Waals surface area (Å²) in [5.41, 5.74) is 0.912. The second kappa shape index (κ2) is 7.25. The van der Waals surface area contributed by atoms with Gasteiger partial charge in [0.25, 0.3) is 11.5 Å². The Bertz CT molecular complexity index is 1200. The summed E-state index contributed by atoms with van der Waals surface area (Å²) in [4.78, 5) is 30.8. The molecule has 4 rings (SSSR count). The van der Waals surface area contributed by atoms with Crippen LogP contribution in [0.5, 0.6) is 5.75 Å².